The van der Waals surface area contributed by atoms with Crippen molar-refractivity contribution in [3.63, 3.8) is 0 Å². The first-order valence-electron chi connectivity index (χ1n) is 7.07. The fraction of sp³-hybridized carbons (Fsp3) is 0.733. The van der Waals surface area contributed by atoms with Crippen molar-refractivity contribution < 1.29 is 9.84 Å². The van der Waals surface area contributed by atoms with E-state index in [9.17, 15) is 5.11 Å². The Labute approximate surface area is 120 Å². The van der Waals surface area contributed by atoms with Crippen LogP contribution in [-0.4, -0.2) is 30.0 Å². The Morgan fingerprint density at radius 1 is 1.42 bits per heavy atom. The summed E-state index contributed by atoms with van der Waals surface area (Å²) >= 11 is 1.92. The van der Waals surface area contributed by atoms with Crippen LogP contribution in [0.3, 0.4) is 0 Å². The third-order valence-corrected chi connectivity index (χ3v) is 4.42. The van der Waals surface area contributed by atoms with E-state index in [1.807, 2.05) is 32.1 Å². The molecular weight excluding hydrogens is 258 g/mol. The number of aryl methyl sites for hydroxylation is 2. The first-order valence-corrected chi connectivity index (χ1v) is 7.89. The highest BCUT2D eigenvalue weighted by molar-refractivity contribution is 7.12. The second kappa shape index (κ2) is 6.35. The highest BCUT2D eigenvalue weighted by Gasteiger charge is 2.15. The van der Waals surface area contributed by atoms with Crippen LogP contribution < -0.4 is 5.32 Å². The zero-order chi connectivity index (χ0) is 13.9. The molecule has 4 heteroatoms. The molecule has 108 valence electrons. The maximum absolute atomic E-state index is 9.82. The molecule has 1 aromatic heterocycles. The minimum Gasteiger partial charge on any atom is -0.389 e. The Balaban J connectivity index is 1.65. The lowest BCUT2D eigenvalue weighted by Gasteiger charge is -2.22. The first kappa shape index (κ1) is 15.0. The van der Waals surface area contributed by atoms with Crippen LogP contribution in [0.15, 0.2) is 6.07 Å². The summed E-state index contributed by atoms with van der Waals surface area (Å²) in [5.74, 6) is 0. The molecule has 0 amide bonds. The number of nitrogens with one attached hydrogen (secondary N) is 1. The second-order valence-electron chi connectivity index (χ2n) is 6.22. The summed E-state index contributed by atoms with van der Waals surface area (Å²) in [6.07, 6.45) is 3.37. The molecule has 1 unspecified atom stereocenters. The van der Waals surface area contributed by atoms with E-state index >= 15 is 0 Å². The van der Waals surface area contributed by atoms with E-state index in [-0.39, 0.29) is 5.60 Å². The van der Waals surface area contributed by atoms with Gasteiger partial charge in [0.1, 0.15) is 0 Å². The molecule has 0 bridgehead atoms. The maximum atomic E-state index is 9.82. The second-order valence-corrected chi connectivity index (χ2v) is 7.44. The lowest BCUT2D eigenvalue weighted by atomic mass is 10.2. The summed E-state index contributed by atoms with van der Waals surface area (Å²) < 4.78 is 5.56. The number of rotatable bonds is 6. The number of hydrogen-bond donors (Lipinski definition) is 2. The number of ether oxygens (including phenoxy) is 1. The lowest BCUT2D eigenvalue weighted by Crippen LogP contribution is -2.33. The largest absolute Gasteiger partial charge is 0.389 e. The fourth-order valence-corrected chi connectivity index (χ4v) is 3.48. The van der Waals surface area contributed by atoms with Crippen molar-refractivity contribution in [1.82, 2.24) is 5.32 Å². The van der Waals surface area contributed by atoms with Crippen molar-refractivity contribution in [1.29, 1.82) is 0 Å². The predicted octanol–water partition coefficient (Wildman–Crippen LogP) is 2.50. The Bertz CT molecular complexity index is 387. The zero-order valence-corrected chi connectivity index (χ0v) is 13.0. The third-order valence-electron chi connectivity index (χ3n) is 3.19. The molecule has 2 N–H and O–H groups in total. The highest BCUT2D eigenvalue weighted by atomic mass is 32.1. The van der Waals surface area contributed by atoms with Crippen LogP contribution in [0.4, 0.5) is 0 Å². The number of aliphatic hydroxyl groups is 1. The van der Waals surface area contributed by atoms with Crippen LogP contribution in [0.25, 0.3) is 0 Å². The molecule has 19 heavy (non-hydrogen) atoms. The van der Waals surface area contributed by atoms with Gasteiger partial charge in [0.15, 0.2) is 0 Å². The van der Waals surface area contributed by atoms with Crippen LogP contribution in [0, 0.1) is 0 Å². The summed E-state index contributed by atoms with van der Waals surface area (Å²) in [6.45, 7) is 7.82. The molecule has 1 aliphatic rings. The normalized spacial score (nSPS) is 16.6. The van der Waals surface area contributed by atoms with Crippen molar-refractivity contribution in [2.24, 2.45) is 0 Å². The van der Waals surface area contributed by atoms with E-state index in [4.69, 9.17) is 4.74 Å². The van der Waals surface area contributed by atoms with Crippen molar-refractivity contribution in [2.45, 2.75) is 58.3 Å². The minimum absolute atomic E-state index is 0.185. The molecule has 0 saturated heterocycles. The summed E-state index contributed by atoms with van der Waals surface area (Å²) in [5.41, 5.74) is 1.36. The molecule has 1 atom stereocenters. The summed E-state index contributed by atoms with van der Waals surface area (Å²) in [4.78, 5) is 2.95. The number of aliphatic hydroxyl groups excluding tert-OH is 1. The molecular formula is C15H25NO2S. The van der Waals surface area contributed by atoms with Gasteiger partial charge < -0.3 is 15.2 Å². The van der Waals surface area contributed by atoms with Crippen molar-refractivity contribution in [3.05, 3.63) is 21.4 Å². The Kier molecular flexibility index (Phi) is 5.01. The fourth-order valence-electron chi connectivity index (χ4n) is 2.24. The Hall–Kier alpha value is -0.420. The van der Waals surface area contributed by atoms with Gasteiger partial charge in [-0.15, -0.1) is 11.3 Å². The van der Waals surface area contributed by atoms with Crippen LogP contribution >= 0.6 is 11.3 Å². The van der Waals surface area contributed by atoms with E-state index in [1.54, 1.807) is 10.4 Å². The van der Waals surface area contributed by atoms with Gasteiger partial charge in [0.2, 0.25) is 0 Å². The van der Waals surface area contributed by atoms with Crippen LogP contribution in [-0.2, 0) is 24.1 Å². The molecule has 1 heterocycles. The number of thiophene rings is 1. The van der Waals surface area contributed by atoms with E-state index in [1.165, 1.54) is 24.1 Å². The number of fused-ring (bicyclic) bond motifs is 1. The van der Waals surface area contributed by atoms with E-state index in [0.717, 1.165) is 6.54 Å². The van der Waals surface area contributed by atoms with Gasteiger partial charge in [-0.05, 0) is 51.7 Å². The van der Waals surface area contributed by atoms with Gasteiger partial charge in [-0.1, -0.05) is 0 Å². The smallest absolute Gasteiger partial charge is 0.0898 e. The quantitative estimate of drug-likeness (QED) is 0.843. The third kappa shape index (κ3) is 4.88. The molecule has 0 fully saturated rings. The van der Waals surface area contributed by atoms with Gasteiger partial charge in [0.25, 0.3) is 0 Å². The van der Waals surface area contributed by atoms with Gasteiger partial charge in [0, 0.05) is 22.8 Å². The molecule has 0 aliphatic heterocycles. The molecule has 0 spiro atoms. The van der Waals surface area contributed by atoms with Gasteiger partial charge in [-0.3, -0.25) is 0 Å². The number of hydrogen-bond acceptors (Lipinski definition) is 4. The van der Waals surface area contributed by atoms with E-state index in [0.29, 0.717) is 13.2 Å². The molecule has 0 saturated carbocycles. The monoisotopic (exact) mass is 283 g/mol. The van der Waals surface area contributed by atoms with Gasteiger partial charge in [0.05, 0.1) is 18.3 Å². The average Bonchev–Trinajstić information content (AvgIpc) is 2.85. The average molecular weight is 283 g/mol. The van der Waals surface area contributed by atoms with E-state index in [2.05, 4.69) is 11.4 Å². The van der Waals surface area contributed by atoms with Gasteiger partial charge >= 0.3 is 0 Å². The van der Waals surface area contributed by atoms with E-state index < -0.39 is 6.10 Å². The predicted molar refractivity (Wildman–Crippen MR) is 79.8 cm³/mol. The lowest BCUT2D eigenvalue weighted by molar-refractivity contribution is -0.0479. The summed E-state index contributed by atoms with van der Waals surface area (Å²) in [6, 6.07) is 2.32. The standard InChI is InChI=1S/C15H25NO2S/c1-15(2,3)18-10-12(17)8-16-9-13-7-11-5-4-6-14(11)19-13/h7,12,16-17H,4-6,8-10H2,1-3H3. The van der Waals surface area contributed by atoms with Crippen molar-refractivity contribution in [3.8, 4) is 0 Å². The molecule has 1 aromatic rings. The maximum Gasteiger partial charge on any atom is 0.0898 e. The van der Waals surface area contributed by atoms with Crippen LogP contribution in [0.2, 0.25) is 0 Å². The Morgan fingerprint density at radius 2 is 2.21 bits per heavy atom. The molecule has 1 aliphatic carbocycles. The summed E-state index contributed by atoms with van der Waals surface area (Å²) in [7, 11) is 0. The Morgan fingerprint density at radius 3 is 2.89 bits per heavy atom. The molecule has 0 radical (unpaired) electrons. The van der Waals surface area contributed by atoms with Crippen molar-refractivity contribution >= 4 is 11.3 Å². The minimum atomic E-state index is -0.439. The topological polar surface area (TPSA) is 41.5 Å². The van der Waals surface area contributed by atoms with Crippen LogP contribution in [0.1, 0.15) is 42.5 Å². The van der Waals surface area contributed by atoms with Crippen molar-refractivity contribution in [2.75, 3.05) is 13.2 Å². The zero-order valence-electron chi connectivity index (χ0n) is 12.2. The SMILES string of the molecule is CC(C)(C)OCC(O)CNCc1cc2c(s1)CCC2. The first-order chi connectivity index (χ1) is 8.94. The van der Waals surface area contributed by atoms with Gasteiger partial charge in [-0.2, -0.15) is 0 Å². The highest BCUT2D eigenvalue weighted by Crippen LogP contribution is 2.30. The van der Waals surface area contributed by atoms with Gasteiger partial charge in [-0.25, -0.2) is 0 Å². The summed E-state index contributed by atoms with van der Waals surface area (Å²) in [5, 5.41) is 13.1. The molecule has 3 nitrogen and oxygen atoms in total. The molecule has 0 aromatic carbocycles. The van der Waals surface area contributed by atoms with Crippen LogP contribution in [0.5, 0.6) is 0 Å². The molecule has 2 rings (SSSR count).